The molecule has 6 N–H and O–H groups in total. The first-order chi connectivity index (χ1) is 31.3. The SMILES string of the molecule is CCCCC/C=C\C/C=C\CCCCCCCCCC(=O)NC(COC1OC(CO)C(O)C(O)C1O)C(O)CCCCCCCCCCCCCCCCCCCCCCCCCC. The van der Waals surface area contributed by atoms with Crippen LogP contribution >= 0.6 is 0 Å². The summed E-state index contributed by atoms with van der Waals surface area (Å²) in [6.07, 6.45) is 49.1. The first-order valence-corrected chi connectivity index (χ1v) is 27.5. The number of hydrogen-bond donors (Lipinski definition) is 6. The number of ether oxygens (including phenoxy) is 2. The summed E-state index contributed by atoms with van der Waals surface area (Å²) >= 11 is 0. The van der Waals surface area contributed by atoms with Crippen LogP contribution in [-0.2, 0) is 14.3 Å². The summed E-state index contributed by atoms with van der Waals surface area (Å²) in [7, 11) is 0. The van der Waals surface area contributed by atoms with Crippen molar-refractivity contribution in [3.8, 4) is 0 Å². The lowest BCUT2D eigenvalue weighted by Gasteiger charge is -2.40. The number of nitrogens with one attached hydrogen (secondary N) is 1. The van der Waals surface area contributed by atoms with E-state index in [1.165, 1.54) is 186 Å². The molecule has 0 aliphatic carbocycles. The predicted molar refractivity (Wildman–Crippen MR) is 267 cm³/mol. The lowest BCUT2D eigenvalue weighted by atomic mass is 9.99. The van der Waals surface area contributed by atoms with Gasteiger partial charge in [-0.05, 0) is 44.9 Å². The Balaban J connectivity index is 2.22. The third-order valence-electron chi connectivity index (χ3n) is 13.3. The van der Waals surface area contributed by atoms with Crippen molar-refractivity contribution in [3.63, 3.8) is 0 Å². The van der Waals surface area contributed by atoms with Crippen LogP contribution < -0.4 is 5.32 Å². The molecule has 1 aliphatic heterocycles. The molecule has 0 aromatic rings. The smallest absolute Gasteiger partial charge is 0.220 e. The monoisotopic (exact) mass is 908 g/mol. The summed E-state index contributed by atoms with van der Waals surface area (Å²) < 4.78 is 11.3. The number of hydrogen-bond acceptors (Lipinski definition) is 8. The topological polar surface area (TPSA) is 149 Å². The van der Waals surface area contributed by atoms with E-state index >= 15 is 0 Å². The molecule has 0 aromatic carbocycles. The Morgan fingerprint density at radius 3 is 1.38 bits per heavy atom. The summed E-state index contributed by atoms with van der Waals surface area (Å²) in [5.74, 6) is -0.149. The molecular formula is C55H105NO8. The number of aliphatic hydroxyl groups excluding tert-OH is 5. The van der Waals surface area contributed by atoms with Crippen LogP contribution in [0, 0.1) is 0 Å². The molecule has 0 bridgehead atoms. The molecular weight excluding hydrogens is 803 g/mol. The van der Waals surface area contributed by atoms with Gasteiger partial charge in [-0.3, -0.25) is 4.79 Å². The Morgan fingerprint density at radius 1 is 0.531 bits per heavy atom. The number of unbranched alkanes of at least 4 members (excludes halogenated alkanes) is 33. The zero-order valence-corrected chi connectivity index (χ0v) is 41.8. The fraction of sp³-hybridized carbons (Fsp3) is 0.909. The van der Waals surface area contributed by atoms with Crippen LogP contribution in [0.25, 0.3) is 0 Å². The van der Waals surface area contributed by atoms with Gasteiger partial charge in [-0.25, -0.2) is 0 Å². The van der Waals surface area contributed by atoms with Crippen molar-refractivity contribution in [3.05, 3.63) is 24.3 Å². The molecule has 0 aromatic heterocycles. The van der Waals surface area contributed by atoms with Crippen molar-refractivity contribution in [2.24, 2.45) is 0 Å². The molecule has 7 unspecified atom stereocenters. The van der Waals surface area contributed by atoms with Crippen LogP contribution in [0.5, 0.6) is 0 Å². The maximum Gasteiger partial charge on any atom is 0.220 e. The van der Waals surface area contributed by atoms with E-state index in [0.717, 1.165) is 51.4 Å². The van der Waals surface area contributed by atoms with Gasteiger partial charge in [0.15, 0.2) is 6.29 Å². The number of aliphatic hydroxyl groups is 5. The van der Waals surface area contributed by atoms with E-state index in [2.05, 4.69) is 43.5 Å². The normalized spacial score (nSPS) is 20.1. The van der Waals surface area contributed by atoms with Crippen molar-refractivity contribution in [2.45, 2.75) is 307 Å². The molecule has 0 radical (unpaired) electrons. The Morgan fingerprint density at radius 2 is 0.922 bits per heavy atom. The Bertz CT molecular complexity index is 1060. The van der Waals surface area contributed by atoms with Crippen LogP contribution in [0.3, 0.4) is 0 Å². The highest BCUT2D eigenvalue weighted by Crippen LogP contribution is 2.23. The average molecular weight is 908 g/mol. The fourth-order valence-electron chi connectivity index (χ4n) is 8.90. The Hall–Kier alpha value is -1.33. The highest BCUT2D eigenvalue weighted by molar-refractivity contribution is 5.76. The first kappa shape index (κ1) is 60.7. The molecule has 9 nitrogen and oxygen atoms in total. The molecule has 0 saturated carbocycles. The second-order valence-corrected chi connectivity index (χ2v) is 19.4. The van der Waals surface area contributed by atoms with Gasteiger partial charge < -0.3 is 40.3 Å². The number of carbonyl (C=O) groups excluding carboxylic acids is 1. The Kier molecular flexibility index (Phi) is 43.1. The molecule has 378 valence electrons. The van der Waals surface area contributed by atoms with Gasteiger partial charge in [-0.2, -0.15) is 0 Å². The molecule has 7 atom stereocenters. The molecule has 9 heteroatoms. The van der Waals surface area contributed by atoms with Crippen molar-refractivity contribution in [1.82, 2.24) is 5.32 Å². The van der Waals surface area contributed by atoms with Crippen LogP contribution in [-0.4, -0.2) is 87.5 Å². The summed E-state index contributed by atoms with van der Waals surface area (Å²) in [5.41, 5.74) is 0. The number of carbonyl (C=O) groups is 1. The molecule has 1 saturated heterocycles. The summed E-state index contributed by atoms with van der Waals surface area (Å²) in [6, 6.07) is -0.722. The van der Waals surface area contributed by atoms with Gasteiger partial charge in [0.05, 0.1) is 25.4 Å². The van der Waals surface area contributed by atoms with E-state index in [4.69, 9.17) is 9.47 Å². The number of allylic oxidation sites excluding steroid dienone is 4. The third-order valence-corrected chi connectivity index (χ3v) is 13.3. The highest BCUT2D eigenvalue weighted by atomic mass is 16.7. The molecule has 1 heterocycles. The second-order valence-electron chi connectivity index (χ2n) is 19.4. The number of rotatable bonds is 47. The third kappa shape index (κ3) is 34.9. The highest BCUT2D eigenvalue weighted by Gasteiger charge is 2.44. The van der Waals surface area contributed by atoms with E-state index in [1.807, 2.05) is 0 Å². The van der Waals surface area contributed by atoms with Crippen LogP contribution in [0.2, 0.25) is 0 Å². The van der Waals surface area contributed by atoms with Crippen molar-refractivity contribution >= 4 is 5.91 Å². The fourth-order valence-corrected chi connectivity index (χ4v) is 8.90. The van der Waals surface area contributed by atoms with Gasteiger partial charge in [0, 0.05) is 6.42 Å². The Labute approximate surface area is 394 Å². The van der Waals surface area contributed by atoms with E-state index in [9.17, 15) is 30.3 Å². The zero-order chi connectivity index (χ0) is 46.6. The van der Waals surface area contributed by atoms with Crippen LogP contribution in [0.15, 0.2) is 24.3 Å². The molecule has 64 heavy (non-hydrogen) atoms. The minimum atomic E-state index is -1.55. The maximum absolute atomic E-state index is 13.0. The summed E-state index contributed by atoms with van der Waals surface area (Å²) in [5, 5.41) is 54.6. The predicted octanol–water partition coefficient (Wildman–Crippen LogP) is 13.0. The zero-order valence-electron chi connectivity index (χ0n) is 41.8. The maximum atomic E-state index is 13.0. The quantitative estimate of drug-likeness (QED) is 0.0261. The van der Waals surface area contributed by atoms with Crippen molar-refractivity contribution < 1.29 is 39.8 Å². The largest absolute Gasteiger partial charge is 0.394 e. The first-order valence-electron chi connectivity index (χ1n) is 27.5. The van der Waals surface area contributed by atoms with E-state index in [1.54, 1.807) is 0 Å². The number of amides is 1. The average Bonchev–Trinajstić information content (AvgIpc) is 3.29. The van der Waals surface area contributed by atoms with Crippen molar-refractivity contribution in [1.29, 1.82) is 0 Å². The van der Waals surface area contributed by atoms with Crippen LogP contribution in [0.4, 0.5) is 0 Å². The van der Waals surface area contributed by atoms with Gasteiger partial charge in [0.1, 0.15) is 24.4 Å². The molecule has 0 spiro atoms. The van der Waals surface area contributed by atoms with Gasteiger partial charge in [0.2, 0.25) is 5.91 Å². The van der Waals surface area contributed by atoms with Crippen molar-refractivity contribution in [2.75, 3.05) is 13.2 Å². The lowest BCUT2D eigenvalue weighted by Crippen LogP contribution is -2.60. The molecule has 1 rings (SSSR count). The van der Waals surface area contributed by atoms with Gasteiger partial charge in [0.25, 0.3) is 0 Å². The van der Waals surface area contributed by atoms with E-state index in [-0.39, 0.29) is 12.5 Å². The van der Waals surface area contributed by atoms with Gasteiger partial charge >= 0.3 is 0 Å². The molecule has 1 fully saturated rings. The molecule has 1 aliphatic rings. The summed E-state index contributed by atoms with van der Waals surface area (Å²) in [4.78, 5) is 13.0. The lowest BCUT2D eigenvalue weighted by molar-refractivity contribution is -0.302. The van der Waals surface area contributed by atoms with Gasteiger partial charge in [-0.1, -0.05) is 237 Å². The standard InChI is InChI=1S/C55H105NO8/c1-3-5-7-9-11-13-15-17-19-21-22-23-24-25-26-27-29-30-32-34-36-38-40-42-44-49(58)48(47-63-55-54(62)53(61)52(60)50(46-57)64-55)56-51(59)45-43-41-39-37-35-33-31-28-20-18-16-14-12-10-8-6-4-2/h12,14,18,20,48-50,52-55,57-58,60-62H,3-11,13,15-17,19,21-47H2,1-2H3,(H,56,59)/b14-12-,20-18-. The molecule has 1 amide bonds. The minimum Gasteiger partial charge on any atom is -0.394 e. The van der Waals surface area contributed by atoms with Crippen LogP contribution in [0.1, 0.15) is 264 Å². The van der Waals surface area contributed by atoms with Gasteiger partial charge in [-0.15, -0.1) is 0 Å². The minimum absolute atomic E-state index is 0.139. The summed E-state index contributed by atoms with van der Waals surface area (Å²) in [6.45, 7) is 3.83. The van der Waals surface area contributed by atoms with E-state index < -0.39 is 49.5 Å². The van der Waals surface area contributed by atoms with E-state index in [0.29, 0.717) is 12.8 Å². The second kappa shape index (κ2) is 45.5.